The van der Waals surface area contributed by atoms with E-state index in [0.717, 1.165) is 27.8 Å². The lowest BCUT2D eigenvalue weighted by Gasteiger charge is -2.25. The first-order valence-electron chi connectivity index (χ1n) is 10.5. The van der Waals surface area contributed by atoms with E-state index in [1.165, 1.54) is 14.2 Å². The van der Waals surface area contributed by atoms with Gasteiger partial charge in [0, 0.05) is 29.0 Å². The van der Waals surface area contributed by atoms with Gasteiger partial charge in [-0.05, 0) is 28.8 Å². The van der Waals surface area contributed by atoms with Gasteiger partial charge in [0.2, 0.25) is 0 Å². The molecule has 1 unspecified atom stereocenters. The zero-order valence-corrected chi connectivity index (χ0v) is 18.3. The molecule has 2 aromatic carbocycles. The van der Waals surface area contributed by atoms with Gasteiger partial charge >= 0.3 is 5.97 Å². The molecule has 0 bridgehead atoms. The minimum Gasteiger partial charge on any atom is -0.493 e. The van der Waals surface area contributed by atoms with Crippen LogP contribution in [0.1, 0.15) is 33.9 Å². The van der Waals surface area contributed by atoms with E-state index in [9.17, 15) is 15.0 Å². The Morgan fingerprint density at radius 1 is 1.09 bits per heavy atom. The van der Waals surface area contributed by atoms with E-state index in [-0.39, 0.29) is 25.8 Å². The fourth-order valence-electron chi connectivity index (χ4n) is 4.68. The molecule has 1 aromatic heterocycles. The largest absolute Gasteiger partial charge is 0.493 e. The second-order valence-electron chi connectivity index (χ2n) is 8.00. The van der Waals surface area contributed by atoms with E-state index in [2.05, 4.69) is 5.16 Å². The highest BCUT2D eigenvalue weighted by Gasteiger charge is 2.42. The lowest BCUT2D eigenvalue weighted by Crippen LogP contribution is -2.18. The molecule has 2 heterocycles. The Morgan fingerprint density at radius 2 is 1.88 bits per heavy atom. The number of methoxy groups -OCH3 is 2. The van der Waals surface area contributed by atoms with Crippen LogP contribution in [0.3, 0.4) is 0 Å². The standard InChI is InChI=1S/C25H23NO7/c1-30-19-8-15(7-16(11-28)24(19)31-2)20-21-17(12-32-25(21)29)9-18-22(20)23(26-33-18)14-5-3-13(10-27)4-6-14/h3-8,20,27-28H,9-12H2,1-2H3. The molecule has 3 aromatic rings. The molecule has 2 aliphatic rings. The summed E-state index contributed by atoms with van der Waals surface area (Å²) in [4.78, 5) is 12.8. The van der Waals surface area contributed by atoms with Crippen LogP contribution < -0.4 is 9.47 Å². The van der Waals surface area contributed by atoms with Crippen molar-refractivity contribution in [1.82, 2.24) is 5.16 Å². The van der Waals surface area contributed by atoms with E-state index < -0.39 is 5.92 Å². The van der Waals surface area contributed by atoms with E-state index in [0.29, 0.717) is 40.5 Å². The van der Waals surface area contributed by atoms with Crippen molar-refractivity contribution in [2.75, 3.05) is 20.8 Å². The summed E-state index contributed by atoms with van der Waals surface area (Å²) >= 11 is 0. The van der Waals surface area contributed by atoms with E-state index in [1.54, 1.807) is 6.07 Å². The fourth-order valence-corrected chi connectivity index (χ4v) is 4.68. The molecule has 0 fully saturated rings. The Bertz CT molecular complexity index is 1230. The van der Waals surface area contributed by atoms with Crippen molar-refractivity contribution < 1.29 is 33.7 Å². The first kappa shape index (κ1) is 21.2. The summed E-state index contributed by atoms with van der Waals surface area (Å²) in [6.45, 7) is -0.106. The number of nitrogens with zero attached hydrogens (tertiary/aromatic N) is 1. The summed E-state index contributed by atoms with van der Waals surface area (Å²) in [5.74, 6) is 0.670. The number of aliphatic hydroxyl groups is 2. The highest BCUT2D eigenvalue weighted by molar-refractivity contribution is 5.96. The topological polar surface area (TPSA) is 111 Å². The number of carbonyl (C=O) groups is 1. The molecule has 2 N–H and O–H groups in total. The van der Waals surface area contributed by atoms with Crippen LogP contribution in [0, 0.1) is 0 Å². The number of hydrogen-bond acceptors (Lipinski definition) is 8. The molecule has 5 rings (SSSR count). The monoisotopic (exact) mass is 449 g/mol. The van der Waals surface area contributed by atoms with Gasteiger partial charge in [-0.15, -0.1) is 0 Å². The Kier molecular flexibility index (Phi) is 5.39. The van der Waals surface area contributed by atoms with Crippen LogP contribution in [0.5, 0.6) is 11.5 Å². The smallest absolute Gasteiger partial charge is 0.335 e. The zero-order chi connectivity index (χ0) is 23.1. The number of esters is 1. The summed E-state index contributed by atoms with van der Waals surface area (Å²) in [5.41, 5.74) is 5.68. The highest BCUT2D eigenvalue weighted by atomic mass is 16.5. The Hall–Kier alpha value is -3.62. The molecule has 8 nitrogen and oxygen atoms in total. The number of fused-ring (bicyclic) bond motifs is 1. The van der Waals surface area contributed by atoms with Gasteiger partial charge in [0.15, 0.2) is 11.5 Å². The summed E-state index contributed by atoms with van der Waals surface area (Å²) in [6.07, 6.45) is 0.439. The van der Waals surface area contributed by atoms with Crippen LogP contribution >= 0.6 is 0 Å². The maximum Gasteiger partial charge on any atom is 0.335 e. The van der Waals surface area contributed by atoms with Crippen molar-refractivity contribution in [2.45, 2.75) is 25.6 Å². The summed E-state index contributed by atoms with van der Waals surface area (Å²) in [5, 5.41) is 23.7. The molecule has 0 radical (unpaired) electrons. The molecule has 33 heavy (non-hydrogen) atoms. The Labute approximate surface area is 190 Å². The van der Waals surface area contributed by atoms with Crippen LogP contribution in [0.2, 0.25) is 0 Å². The van der Waals surface area contributed by atoms with Crippen LogP contribution in [-0.2, 0) is 29.2 Å². The molecule has 1 aliphatic carbocycles. The van der Waals surface area contributed by atoms with Crippen molar-refractivity contribution in [3.63, 3.8) is 0 Å². The summed E-state index contributed by atoms with van der Waals surface area (Å²) < 4.78 is 22.1. The van der Waals surface area contributed by atoms with Gasteiger partial charge in [-0.2, -0.15) is 0 Å². The highest BCUT2D eigenvalue weighted by Crippen LogP contribution is 2.49. The SMILES string of the molecule is COc1cc(C2C3=C(COC3=O)Cc3onc(-c4ccc(CO)cc4)c32)cc(CO)c1OC. The number of aromatic nitrogens is 1. The molecule has 0 amide bonds. The summed E-state index contributed by atoms with van der Waals surface area (Å²) in [7, 11) is 3.04. The zero-order valence-electron chi connectivity index (χ0n) is 18.3. The van der Waals surface area contributed by atoms with Gasteiger partial charge in [-0.1, -0.05) is 29.4 Å². The predicted molar refractivity (Wildman–Crippen MR) is 117 cm³/mol. The fraction of sp³-hybridized carbons (Fsp3) is 0.280. The van der Waals surface area contributed by atoms with Crippen molar-refractivity contribution in [3.05, 3.63) is 75.6 Å². The Balaban J connectivity index is 1.73. The lowest BCUT2D eigenvalue weighted by atomic mass is 9.76. The van der Waals surface area contributed by atoms with Gasteiger partial charge in [-0.3, -0.25) is 0 Å². The quantitative estimate of drug-likeness (QED) is 0.553. The number of benzene rings is 2. The molecule has 0 spiro atoms. The van der Waals surface area contributed by atoms with Gasteiger partial charge in [0.1, 0.15) is 18.1 Å². The molecular formula is C25H23NO7. The van der Waals surface area contributed by atoms with Crippen LogP contribution in [0.4, 0.5) is 0 Å². The van der Waals surface area contributed by atoms with E-state index in [4.69, 9.17) is 18.7 Å². The maximum atomic E-state index is 12.8. The normalized spacial score (nSPS) is 17.0. The van der Waals surface area contributed by atoms with Crippen LogP contribution in [-0.4, -0.2) is 42.2 Å². The minimum atomic E-state index is -0.511. The van der Waals surface area contributed by atoms with Gasteiger partial charge in [0.05, 0.1) is 33.0 Å². The van der Waals surface area contributed by atoms with Crippen molar-refractivity contribution >= 4 is 5.97 Å². The molecule has 1 aliphatic heterocycles. The van der Waals surface area contributed by atoms with Crippen LogP contribution in [0.15, 0.2) is 52.1 Å². The van der Waals surface area contributed by atoms with Crippen LogP contribution in [0.25, 0.3) is 11.3 Å². The predicted octanol–water partition coefficient (Wildman–Crippen LogP) is 2.88. The second-order valence-corrected chi connectivity index (χ2v) is 8.00. The third-order valence-electron chi connectivity index (χ3n) is 6.22. The minimum absolute atomic E-state index is 0.0580. The third kappa shape index (κ3) is 3.39. The molecule has 8 heteroatoms. The molecule has 170 valence electrons. The average Bonchev–Trinajstić information content (AvgIpc) is 3.45. The van der Waals surface area contributed by atoms with Gasteiger partial charge in [0.25, 0.3) is 0 Å². The van der Waals surface area contributed by atoms with E-state index >= 15 is 0 Å². The average molecular weight is 449 g/mol. The number of rotatable bonds is 6. The van der Waals surface area contributed by atoms with Crippen molar-refractivity contribution in [1.29, 1.82) is 0 Å². The van der Waals surface area contributed by atoms with Crippen molar-refractivity contribution in [2.24, 2.45) is 0 Å². The first-order chi connectivity index (χ1) is 16.1. The Morgan fingerprint density at radius 3 is 2.55 bits per heavy atom. The molecule has 0 saturated heterocycles. The number of carbonyl (C=O) groups excluding carboxylic acids is 1. The summed E-state index contributed by atoms with van der Waals surface area (Å²) in [6, 6.07) is 11.0. The molecule has 0 saturated carbocycles. The van der Waals surface area contributed by atoms with Gasteiger partial charge < -0.3 is 28.9 Å². The third-order valence-corrected chi connectivity index (χ3v) is 6.22. The number of hydrogen-bond donors (Lipinski definition) is 2. The second kappa shape index (κ2) is 8.38. The number of aliphatic hydroxyl groups excluding tert-OH is 2. The lowest BCUT2D eigenvalue weighted by molar-refractivity contribution is -0.136. The first-order valence-corrected chi connectivity index (χ1v) is 10.5. The van der Waals surface area contributed by atoms with Gasteiger partial charge in [-0.25, -0.2) is 4.79 Å². The van der Waals surface area contributed by atoms with Crippen molar-refractivity contribution in [3.8, 4) is 22.8 Å². The molecular weight excluding hydrogens is 426 g/mol. The van der Waals surface area contributed by atoms with E-state index in [1.807, 2.05) is 30.3 Å². The number of cyclic esters (lactones) is 1. The number of ether oxygens (including phenoxy) is 3. The maximum absolute atomic E-state index is 12.8. The molecule has 1 atom stereocenters.